The van der Waals surface area contributed by atoms with Crippen molar-refractivity contribution >= 4 is 44.4 Å². The van der Waals surface area contributed by atoms with E-state index in [2.05, 4.69) is 21.9 Å². The predicted octanol–water partition coefficient (Wildman–Crippen LogP) is 2.81. The molecule has 0 bridgehead atoms. The molecule has 1 heterocycles. The zero-order chi connectivity index (χ0) is 22.3. The summed E-state index contributed by atoms with van der Waals surface area (Å²) in [6.45, 7) is 6.41. The van der Waals surface area contributed by atoms with E-state index in [0.29, 0.717) is 60.8 Å². The van der Waals surface area contributed by atoms with Crippen LogP contribution in [0.5, 0.6) is 5.75 Å². The Labute approximate surface area is 188 Å². The maximum absolute atomic E-state index is 13.4. The third-order valence-corrected chi connectivity index (χ3v) is 6.26. The first kappa shape index (κ1) is 22.9. The van der Waals surface area contributed by atoms with Crippen LogP contribution in [0.3, 0.4) is 0 Å². The Hall–Kier alpha value is -2.82. The van der Waals surface area contributed by atoms with Gasteiger partial charge in [0.15, 0.2) is 5.11 Å². The van der Waals surface area contributed by atoms with E-state index in [1.807, 2.05) is 4.90 Å². The molecule has 1 fully saturated rings. The molecule has 8 nitrogen and oxygen atoms in total. The van der Waals surface area contributed by atoms with Crippen molar-refractivity contribution in [3.63, 3.8) is 0 Å². The van der Waals surface area contributed by atoms with E-state index < -0.39 is 10.0 Å². The first-order valence-electron chi connectivity index (χ1n) is 9.73. The van der Waals surface area contributed by atoms with Crippen molar-refractivity contribution < 1.29 is 17.9 Å². The van der Waals surface area contributed by atoms with E-state index in [0.717, 1.165) is 0 Å². The largest absolute Gasteiger partial charge is 0.495 e. The number of benzene rings is 2. The second-order valence-corrected chi connectivity index (χ2v) is 8.77. The topological polar surface area (TPSA) is 91.9 Å². The van der Waals surface area contributed by atoms with Crippen LogP contribution in [0, 0.1) is 0 Å². The summed E-state index contributed by atoms with van der Waals surface area (Å²) in [5.41, 5.74) is 1.51. The Morgan fingerprint density at radius 1 is 1.26 bits per heavy atom. The minimum absolute atomic E-state index is 0.136. The summed E-state index contributed by atoms with van der Waals surface area (Å²) >= 11 is 5.26. The van der Waals surface area contributed by atoms with Crippen molar-refractivity contribution in [2.24, 2.45) is 0 Å². The number of nitrogens with zero attached hydrogens (tertiary/aromatic N) is 1. The van der Waals surface area contributed by atoms with Gasteiger partial charge in [-0.2, -0.15) is 0 Å². The first-order chi connectivity index (χ1) is 14.9. The van der Waals surface area contributed by atoms with Gasteiger partial charge in [0.1, 0.15) is 10.6 Å². The lowest BCUT2D eigenvalue weighted by Gasteiger charge is -2.30. The van der Waals surface area contributed by atoms with Crippen molar-refractivity contribution in [2.45, 2.75) is 4.90 Å². The minimum atomic E-state index is -3.93. The molecule has 3 rings (SSSR count). The van der Waals surface area contributed by atoms with Gasteiger partial charge in [0.25, 0.3) is 10.0 Å². The Morgan fingerprint density at radius 2 is 2.00 bits per heavy atom. The van der Waals surface area contributed by atoms with Gasteiger partial charge in [0.05, 0.1) is 31.7 Å². The molecular weight excluding hydrogens is 436 g/mol. The van der Waals surface area contributed by atoms with E-state index in [4.69, 9.17) is 21.7 Å². The van der Waals surface area contributed by atoms with Gasteiger partial charge < -0.3 is 25.0 Å². The van der Waals surface area contributed by atoms with E-state index in [9.17, 15) is 8.42 Å². The molecule has 0 spiro atoms. The number of hydrogen-bond acceptors (Lipinski definition) is 6. The third-order valence-electron chi connectivity index (χ3n) is 4.62. The zero-order valence-corrected chi connectivity index (χ0v) is 18.9. The summed E-state index contributed by atoms with van der Waals surface area (Å²) in [6.07, 6.45) is 1.68. The number of thiocarbonyl (C=S) groups is 1. The molecule has 0 atom stereocenters. The Balaban J connectivity index is 1.97. The zero-order valence-electron chi connectivity index (χ0n) is 17.3. The second kappa shape index (κ2) is 10.5. The molecular formula is C21H26N4O4S2. The van der Waals surface area contributed by atoms with Crippen LogP contribution >= 0.6 is 12.2 Å². The summed E-state index contributed by atoms with van der Waals surface area (Å²) < 4.78 is 40.2. The third kappa shape index (κ3) is 5.87. The molecule has 166 valence electrons. The molecule has 0 unspecified atom stereocenters. The Kier molecular flexibility index (Phi) is 7.72. The summed E-state index contributed by atoms with van der Waals surface area (Å²) in [4.78, 5) is 2.13. The molecule has 1 aliphatic heterocycles. The van der Waals surface area contributed by atoms with Gasteiger partial charge in [-0.3, -0.25) is 4.72 Å². The van der Waals surface area contributed by atoms with Gasteiger partial charge in [-0.05, 0) is 42.5 Å². The molecule has 0 amide bonds. The van der Waals surface area contributed by atoms with Crippen LogP contribution in [-0.4, -0.2) is 53.5 Å². The van der Waals surface area contributed by atoms with Crippen LogP contribution < -0.4 is 25.0 Å². The maximum atomic E-state index is 13.4. The monoisotopic (exact) mass is 462 g/mol. The molecule has 10 heteroatoms. The number of ether oxygens (including phenoxy) is 2. The molecule has 0 radical (unpaired) electrons. The van der Waals surface area contributed by atoms with E-state index >= 15 is 0 Å². The molecule has 3 N–H and O–H groups in total. The van der Waals surface area contributed by atoms with Crippen LogP contribution in [0.2, 0.25) is 0 Å². The van der Waals surface area contributed by atoms with Gasteiger partial charge in [0, 0.05) is 25.3 Å². The highest BCUT2D eigenvalue weighted by Gasteiger charge is 2.25. The lowest BCUT2D eigenvalue weighted by atomic mass is 10.2. The highest BCUT2D eigenvalue weighted by molar-refractivity contribution is 7.93. The Bertz CT molecular complexity index is 1040. The van der Waals surface area contributed by atoms with Gasteiger partial charge >= 0.3 is 0 Å². The highest BCUT2D eigenvalue weighted by Crippen LogP contribution is 2.32. The molecule has 2 aromatic rings. The summed E-state index contributed by atoms with van der Waals surface area (Å²) in [7, 11) is -2.44. The van der Waals surface area contributed by atoms with Crippen LogP contribution in [0.25, 0.3) is 0 Å². The number of para-hydroxylation sites is 2. The van der Waals surface area contributed by atoms with Gasteiger partial charge in [-0.25, -0.2) is 8.42 Å². The molecule has 0 aromatic heterocycles. The summed E-state index contributed by atoms with van der Waals surface area (Å²) in [6, 6.07) is 12.0. The van der Waals surface area contributed by atoms with Crippen LogP contribution in [-0.2, 0) is 14.8 Å². The maximum Gasteiger partial charge on any atom is 0.264 e. The van der Waals surface area contributed by atoms with Crippen LogP contribution in [0.4, 0.5) is 17.1 Å². The summed E-state index contributed by atoms with van der Waals surface area (Å²) in [5.74, 6) is 0.433. The number of nitrogens with one attached hydrogen (secondary N) is 3. The van der Waals surface area contributed by atoms with Gasteiger partial charge in [-0.15, -0.1) is 6.58 Å². The number of methoxy groups -OCH3 is 1. The smallest absolute Gasteiger partial charge is 0.264 e. The Morgan fingerprint density at radius 3 is 2.71 bits per heavy atom. The normalized spacial score (nSPS) is 13.9. The lowest BCUT2D eigenvalue weighted by Crippen LogP contribution is -2.37. The van der Waals surface area contributed by atoms with Crippen molar-refractivity contribution in [3.8, 4) is 5.75 Å². The van der Waals surface area contributed by atoms with E-state index in [-0.39, 0.29) is 4.90 Å². The highest BCUT2D eigenvalue weighted by atomic mass is 32.2. The molecule has 31 heavy (non-hydrogen) atoms. The van der Waals surface area contributed by atoms with E-state index in [1.165, 1.54) is 7.11 Å². The van der Waals surface area contributed by atoms with Crippen molar-refractivity contribution in [1.29, 1.82) is 0 Å². The van der Waals surface area contributed by atoms with Crippen LogP contribution in [0.1, 0.15) is 0 Å². The molecule has 1 aliphatic rings. The number of morpholine rings is 1. The minimum Gasteiger partial charge on any atom is -0.495 e. The fourth-order valence-electron chi connectivity index (χ4n) is 3.14. The average molecular weight is 463 g/mol. The number of sulfonamides is 1. The second-order valence-electron chi connectivity index (χ2n) is 6.71. The standard InChI is InChI=1S/C21H26N4O4S2/c1-3-10-22-21(30)23-16-8-9-18(25-11-13-29-14-12-25)20(15-16)31(26,27)24-17-6-4-5-7-19(17)28-2/h3-9,15,24H,1,10-14H2,2H3,(H2,22,23,30). The average Bonchev–Trinajstić information content (AvgIpc) is 2.78. The van der Waals surface area contributed by atoms with Crippen molar-refractivity contribution in [3.05, 3.63) is 55.1 Å². The fourth-order valence-corrected chi connectivity index (χ4v) is 4.67. The summed E-state index contributed by atoms with van der Waals surface area (Å²) in [5, 5.41) is 6.36. The molecule has 2 aromatic carbocycles. The predicted molar refractivity (Wildman–Crippen MR) is 128 cm³/mol. The number of rotatable bonds is 8. The molecule has 0 saturated carbocycles. The molecule has 0 aliphatic carbocycles. The van der Waals surface area contributed by atoms with Crippen molar-refractivity contribution in [2.75, 3.05) is 54.9 Å². The fraction of sp³-hybridized carbons (Fsp3) is 0.286. The van der Waals surface area contributed by atoms with Crippen molar-refractivity contribution in [1.82, 2.24) is 5.32 Å². The lowest BCUT2D eigenvalue weighted by molar-refractivity contribution is 0.122. The van der Waals surface area contributed by atoms with Crippen LogP contribution in [0.15, 0.2) is 60.0 Å². The van der Waals surface area contributed by atoms with Gasteiger partial charge in [0.2, 0.25) is 0 Å². The molecule has 1 saturated heterocycles. The number of hydrogen-bond donors (Lipinski definition) is 3. The van der Waals surface area contributed by atoms with Gasteiger partial charge in [-0.1, -0.05) is 18.2 Å². The van der Waals surface area contributed by atoms with E-state index in [1.54, 1.807) is 48.5 Å². The SMILES string of the molecule is C=CCNC(=S)Nc1ccc(N2CCOCC2)c(S(=O)(=O)Nc2ccccc2OC)c1. The first-order valence-corrected chi connectivity index (χ1v) is 11.6. The quantitative estimate of drug-likeness (QED) is 0.408. The number of anilines is 3.